The zero-order valence-electron chi connectivity index (χ0n) is 18.0. The number of carbonyl (C=O) groups excluding carboxylic acids is 1. The maximum atomic E-state index is 8.89. The van der Waals surface area contributed by atoms with Gasteiger partial charge in [-0.05, 0) is 68.2 Å². The van der Waals surface area contributed by atoms with Crippen LogP contribution in [0.2, 0.25) is 0 Å². The smallest absolute Gasteiger partial charge is 0.550 e. The number of carbonyl (C=O) groups is 1. The Morgan fingerprint density at radius 1 is 0.800 bits per heavy atom. The molecule has 3 aromatic carbocycles. The van der Waals surface area contributed by atoms with E-state index in [0.717, 1.165) is 6.92 Å². The standard InChI is InChI=1S/C21H21P.C3H5.C2H4O2.Pd/c1-16-10-4-7-13-19(16)22(20-14-8-5-11-17(20)2)21-15-9-6-12-18(21)3;1-3-2;1-2(3)4;/h4-15H,1-3H3;3H,1-2H2;1H3,(H,3,4);/q;-1;;+2/p-1. The minimum atomic E-state index is -1.08. The summed E-state index contributed by atoms with van der Waals surface area (Å²) >= 11 is 0. The predicted molar refractivity (Wildman–Crippen MR) is 126 cm³/mol. The number of benzene rings is 3. The molecule has 0 heterocycles. The fourth-order valence-electron chi connectivity index (χ4n) is 2.83. The van der Waals surface area contributed by atoms with Gasteiger partial charge in [0.25, 0.3) is 0 Å². The van der Waals surface area contributed by atoms with Gasteiger partial charge in [0.05, 0.1) is 0 Å². The van der Waals surface area contributed by atoms with Crippen LogP contribution in [0.15, 0.2) is 85.5 Å². The van der Waals surface area contributed by atoms with Crippen molar-refractivity contribution in [3.05, 3.63) is 109 Å². The van der Waals surface area contributed by atoms with Gasteiger partial charge in [-0.3, -0.25) is 0 Å². The Hall–Kier alpha value is -2.17. The number of aryl methyl sites for hydroxylation is 3. The van der Waals surface area contributed by atoms with E-state index in [1.54, 1.807) is 0 Å². The fraction of sp³-hybridized carbons (Fsp3) is 0.154. The van der Waals surface area contributed by atoms with Crippen LogP contribution in [-0.4, -0.2) is 5.97 Å². The summed E-state index contributed by atoms with van der Waals surface area (Å²) in [7, 11) is -0.508. The van der Waals surface area contributed by atoms with Gasteiger partial charge in [0.2, 0.25) is 0 Å². The molecule has 3 aromatic rings. The van der Waals surface area contributed by atoms with Crippen LogP contribution in [-0.2, 0) is 25.2 Å². The third-order valence-electron chi connectivity index (χ3n) is 4.07. The maximum absolute atomic E-state index is 8.89. The zero-order chi connectivity index (χ0) is 21.8. The molecule has 0 aliphatic heterocycles. The summed E-state index contributed by atoms with van der Waals surface area (Å²) in [5.41, 5.74) is 4.13. The molecule has 30 heavy (non-hydrogen) atoms. The first-order valence-electron chi connectivity index (χ1n) is 9.38. The fourth-order valence-corrected chi connectivity index (χ4v) is 5.60. The summed E-state index contributed by atoms with van der Waals surface area (Å²) in [5, 5.41) is 13.3. The summed E-state index contributed by atoms with van der Waals surface area (Å²) in [4.78, 5) is 8.89. The molecule has 160 valence electrons. The Kier molecular flexibility index (Phi) is 13.7. The molecule has 0 saturated carbocycles. The monoisotopic (exact) mass is 510 g/mol. The minimum Gasteiger partial charge on any atom is -0.550 e. The number of allylic oxidation sites excluding steroid dienone is 1. The van der Waals surface area contributed by atoms with Crippen LogP contribution in [0.25, 0.3) is 0 Å². The molecule has 0 amide bonds. The first-order chi connectivity index (χ1) is 13.8. The summed E-state index contributed by atoms with van der Waals surface area (Å²) in [6, 6.07) is 26.4. The van der Waals surface area contributed by atoms with Gasteiger partial charge in [0.1, 0.15) is 0 Å². The first kappa shape index (κ1) is 27.8. The summed E-state index contributed by atoms with van der Waals surface area (Å²) < 4.78 is 0. The van der Waals surface area contributed by atoms with Crippen LogP contribution in [0.3, 0.4) is 0 Å². The quantitative estimate of drug-likeness (QED) is 0.302. The van der Waals surface area contributed by atoms with Gasteiger partial charge in [-0.25, -0.2) is 19.6 Å². The third kappa shape index (κ3) is 8.68. The second-order valence-corrected chi connectivity index (χ2v) is 8.59. The van der Waals surface area contributed by atoms with Gasteiger partial charge in [-0.15, -0.1) is 0 Å². The largest absolute Gasteiger partial charge is 2.00 e. The maximum Gasteiger partial charge on any atom is 2.00 e. The van der Waals surface area contributed by atoms with Crippen LogP contribution < -0.4 is 21.0 Å². The normalized spacial score (nSPS) is 9.23. The molecule has 0 aliphatic carbocycles. The molecule has 4 heteroatoms. The van der Waals surface area contributed by atoms with E-state index in [9.17, 15) is 0 Å². The molecule has 0 aromatic heterocycles. The molecular formula is C26H29O2PPd. The van der Waals surface area contributed by atoms with Crippen molar-refractivity contribution in [2.45, 2.75) is 27.7 Å². The molecular weight excluding hydrogens is 482 g/mol. The molecule has 0 bridgehead atoms. The number of hydrogen-bond donors (Lipinski definition) is 0. The van der Waals surface area contributed by atoms with E-state index >= 15 is 0 Å². The van der Waals surface area contributed by atoms with E-state index < -0.39 is 13.9 Å². The van der Waals surface area contributed by atoms with Crippen LogP contribution in [0, 0.1) is 27.7 Å². The van der Waals surface area contributed by atoms with E-state index in [2.05, 4.69) is 107 Å². The van der Waals surface area contributed by atoms with Gasteiger partial charge < -0.3 is 9.90 Å². The second-order valence-electron chi connectivity index (χ2n) is 6.48. The SMILES string of the molecule is C=C[CH2-].CC(=O)[O-].Cc1ccccc1P(c1ccccc1C)c1ccccc1C.[Pd+2]. The Morgan fingerprint density at radius 2 is 1.00 bits per heavy atom. The molecule has 0 radical (unpaired) electrons. The molecule has 3 rings (SSSR count). The van der Waals surface area contributed by atoms with E-state index in [1.807, 2.05) is 0 Å². The van der Waals surface area contributed by atoms with E-state index in [4.69, 9.17) is 9.90 Å². The van der Waals surface area contributed by atoms with Gasteiger partial charge in [0, 0.05) is 5.97 Å². The molecule has 0 unspecified atom stereocenters. The average molecular weight is 511 g/mol. The Labute approximate surface area is 196 Å². The second kappa shape index (κ2) is 14.8. The average Bonchev–Trinajstić information content (AvgIpc) is 2.66. The third-order valence-corrected chi connectivity index (χ3v) is 7.02. The van der Waals surface area contributed by atoms with Crippen molar-refractivity contribution in [3.63, 3.8) is 0 Å². The van der Waals surface area contributed by atoms with Crippen molar-refractivity contribution in [1.82, 2.24) is 0 Å². The predicted octanol–water partition coefficient (Wildman–Crippen LogP) is 4.13. The number of carboxylic acids is 1. The molecule has 0 aliphatic rings. The van der Waals surface area contributed by atoms with Crippen molar-refractivity contribution < 1.29 is 30.3 Å². The van der Waals surface area contributed by atoms with Crippen molar-refractivity contribution in [3.8, 4) is 0 Å². The molecule has 0 saturated heterocycles. The summed E-state index contributed by atoms with van der Waals surface area (Å²) in [5.74, 6) is -1.08. The molecule has 0 fully saturated rings. The van der Waals surface area contributed by atoms with Gasteiger partial charge >= 0.3 is 20.4 Å². The number of rotatable bonds is 3. The van der Waals surface area contributed by atoms with Gasteiger partial charge in [-0.1, -0.05) is 72.8 Å². The molecule has 2 nitrogen and oxygen atoms in total. The first-order valence-corrected chi connectivity index (χ1v) is 10.7. The minimum absolute atomic E-state index is 0. The Morgan fingerprint density at radius 3 is 1.20 bits per heavy atom. The van der Waals surface area contributed by atoms with Crippen LogP contribution in [0.1, 0.15) is 23.6 Å². The topological polar surface area (TPSA) is 40.1 Å². The summed E-state index contributed by atoms with van der Waals surface area (Å²) in [6.07, 6.45) is 1.50. The molecule has 0 spiro atoms. The summed E-state index contributed by atoms with van der Waals surface area (Å²) in [6.45, 7) is 14.1. The van der Waals surface area contributed by atoms with E-state index in [-0.39, 0.29) is 20.4 Å². The van der Waals surface area contributed by atoms with Crippen LogP contribution in [0.5, 0.6) is 0 Å². The molecule has 0 atom stereocenters. The van der Waals surface area contributed by atoms with E-state index in [0.29, 0.717) is 0 Å². The van der Waals surface area contributed by atoms with Gasteiger partial charge in [-0.2, -0.15) is 0 Å². The van der Waals surface area contributed by atoms with Crippen LogP contribution >= 0.6 is 7.92 Å². The Balaban J connectivity index is 0.000000925. The van der Waals surface area contributed by atoms with Crippen LogP contribution in [0.4, 0.5) is 0 Å². The Bertz CT molecular complexity index is 825. The molecule has 0 N–H and O–H groups in total. The number of aliphatic carboxylic acids is 1. The number of carboxylic acid groups (broad SMARTS) is 1. The van der Waals surface area contributed by atoms with Crippen molar-refractivity contribution in [1.29, 1.82) is 0 Å². The number of hydrogen-bond acceptors (Lipinski definition) is 2. The zero-order valence-corrected chi connectivity index (χ0v) is 20.4. The van der Waals surface area contributed by atoms with E-state index in [1.165, 1.54) is 38.7 Å². The van der Waals surface area contributed by atoms with Gasteiger partial charge in [0.15, 0.2) is 0 Å². The van der Waals surface area contributed by atoms with Crippen molar-refractivity contribution in [2.75, 3.05) is 0 Å². The van der Waals surface area contributed by atoms with Crippen molar-refractivity contribution in [2.24, 2.45) is 0 Å². The van der Waals surface area contributed by atoms with Crippen molar-refractivity contribution >= 4 is 29.8 Å².